The first-order valence-corrected chi connectivity index (χ1v) is 5.58. The van der Waals surface area contributed by atoms with Crippen LogP contribution in [-0.2, 0) is 0 Å². The van der Waals surface area contributed by atoms with Gasteiger partial charge in [0.1, 0.15) is 0 Å². The fourth-order valence-corrected chi connectivity index (χ4v) is 1.89. The highest BCUT2D eigenvalue weighted by Gasteiger charge is 2.07. The zero-order valence-corrected chi connectivity index (χ0v) is 10.5. The monoisotopic (exact) mass is 291 g/mol. The highest BCUT2D eigenvalue weighted by molar-refractivity contribution is 9.10. The molecule has 0 aliphatic carbocycles. The van der Waals surface area contributed by atoms with Crippen molar-refractivity contribution in [3.05, 3.63) is 33.3 Å². The van der Waals surface area contributed by atoms with Crippen LogP contribution in [0.4, 0.5) is 0 Å². The normalized spacial score (nSPS) is 12.3. The first-order valence-electron chi connectivity index (χ1n) is 4.41. The predicted octanol–water partition coefficient (Wildman–Crippen LogP) is 2.21. The van der Waals surface area contributed by atoms with Gasteiger partial charge in [0.15, 0.2) is 0 Å². The number of halogens is 2. The van der Waals surface area contributed by atoms with E-state index in [0.29, 0.717) is 10.6 Å². The van der Waals surface area contributed by atoms with Gasteiger partial charge < -0.3 is 10.4 Å². The lowest BCUT2D eigenvalue weighted by Gasteiger charge is -2.07. The van der Waals surface area contributed by atoms with Crippen LogP contribution in [0.15, 0.2) is 22.7 Å². The van der Waals surface area contributed by atoms with E-state index in [4.69, 9.17) is 16.7 Å². The molecule has 0 heterocycles. The molecule has 0 aliphatic heterocycles. The van der Waals surface area contributed by atoms with Gasteiger partial charge in [-0.1, -0.05) is 27.5 Å². The maximum absolute atomic E-state index is 11.6. The van der Waals surface area contributed by atoms with Crippen LogP contribution < -0.4 is 5.32 Å². The SMILES string of the molecule is C[C@@H](O)CNC(=O)c1cc(Cl)cc(Br)c1. The zero-order chi connectivity index (χ0) is 11.4. The Morgan fingerprint density at radius 2 is 2.27 bits per heavy atom. The number of nitrogens with one attached hydrogen (secondary N) is 1. The lowest BCUT2D eigenvalue weighted by atomic mass is 10.2. The molecular formula is C10H11BrClNO2. The smallest absolute Gasteiger partial charge is 0.251 e. The molecule has 0 saturated heterocycles. The van der Waals surface area contributed by atoms with Crippen molar-refractivity contribution in [2.45, 2.75) is 13.0 Å². The Bertz CT molecular complexity index is 348. The minimum absolute atomic E-state index is 0.225. The van der Waals surface area contributed by atoms with Crippen molar-refractivity contribution in [2.24, 2.45) is 0 Å². The van der Waals surface area contributed by atoms with Gasteiger partial charge in [-0.2, -0.15) is 0 Å². The topological polar surface area (TPSA) is 49.3 Å². The number of hydrogen-bond donors (Lipinski definition) is 2. The summed E-state index contributed by atoms with van der Waals surface area (Å²) in [7, 11) is 0. The van der Waals surface area contributed by atoms with Gasteiger partial charge in [-0.3, -0.25) is 4.79 Å². The molecule has 0 unspecified atom stereocenters. The number of benzene rings is 1. The van der Waals surface area contributed by atoms with E-state index in [0.717, 1.165) is 4.47 Å². The van der Waals surface area contributed by atoms with E-state index in [1.165, 1.54) is 0 Å². The highest BCUT2D eigenvalue weighted by Crippen LogP contribution is 2.19. The zero-order valence-electron chi connectivity index (χ0n) is 8.13. The number of carbonyl (C=O) groups excluding carboxylic acids is 1. The Hall–Kier alpha value is -0.580. The molecule has 0 fully saturated rings. The molecule has 3 nitrogen and oxygen atoms in total. The van der Waals surface area contributed by atoms with Crippen LogP contribution in [0, 0.1) is 0 Å². The molecule has 0 aliphatic rings. The third-order valence-corrected chi connectivity index (χ3v) is 2.36. The average Bonchev–Trinajstić information content (AvgIpc) is 2.12. The van der Waals surface area contributed by atoms with E-state index in [-0.39, 0.29) is 12.5 Å². The summed E-state index contributed by atoms with van der Waals surface area (Å²) < 4.78 is 0.747. The molecule has 1 atom stereocenters. The Labute approximate surface area is 102 Å². The Morgan fingerprint density at radius 1 is 1.60 bits per heavy atom. The summed E-state index contributed by atoms with van der Waals surface area (Å²) in [4.78, 5) is 11.6. The van der Waals surface area contributed by atoms with Gasteiger partial charge in [-0.15, -0.1) is 0 Å². The van der Waals surface area contributed by atoms with Gasteiger partial charge in [0, 0.05) is 21.6 Å². The molecule has 1 aromatic rings. The molecule has 1 aromatic carbocycles. The van der Waals surface area contributed by atoms with E-state index in [2.05, 4.69) is 21.2 Å². The second-order valence-corrected chi connectivity index (χ2v) is 4.57. The molecule has 0 saturated carbocycles. The third kappa shape index (κ3) is 4.20. The van der Waals surface area contributed by atoms with Crippen LogP contribution in [0.3, 0.4) is 0 Å². The van der Waals surface area contributed by atoms with Crippen LogP contribution in [0.5, 0.6) is 0 Å². The molecule has 82 valence electrons. The summed E-state index contributed by atoms with van der Waals surface area (Å²) in [5, 5.41) is 12.1. The summed E-state index contributed by atoms with van der Waals surface area (Å²) in [6.07, 6.45) is -0.559. The van der Waals surface area contributed by atoms with E-state index in [1.807, 2.05) is 0 Å². The predicted molar refractivity (Wildman–Crippen MR) is 63.2 cm³/mol. The standard InChI is InChI=1S/C10H11BrClNO2/c1-6(14)5-13-10(15)7-2-8(11)4-9(12)3-7/h2-4,6,14H,5H2,1H3,(H,13,15)/t6-/m1/s1. The van der Waals surface area contributed by atoms with Gasteiger partial charge in [-0.05, 0) is 25.1 Å². The largest absolute Gasteiger partial charge is 0.392 e. The molecule has 1 amide bonds. The summed E-state index contributed by atoms with van der Waals surface area (Å²) in [5.41, 5.74) is 0.468. The van der Waals surface area contributed by atoms with Gasteiger partial charge >= 0.3 is 0 Å². The second-order valence-electron chi connectivity index (χ2n) is 3.22. The molecular weight excluding hydrogens is 281 g/mol. The number of aliphatic hydroxyl groups is 1. The molecule has 1 rings (SSSR count). The molecule has 15 heavy (non-hydrogen) atoms. The van der Waals surface area contributed by atoms with Crippen molar-refractivity contribution in [3.8, 4) is 0 Å². The number of rotatable bonds is 3. The highest BCUT2D eigenvalue weighted by atomic mass is 79.9. The van der Waals surface area contributed by atoms with Crippen LogP contribution >= 0.6 is 27.5 Å². The van der Waals surface area contributed by atoms with E-state index in [1.54, 1.807) is 25.1 Å². The Balaban J connectivity index is 2.73. The minimum atomic E-state index is -0.559. The number of hydrogen-bond acceptors (Lipinski definition) is 2. The minimum Gasteiger partial charge on any atom is -0.392 e. The second kappa shape index (κ2) is 5.49. The maximum Gasteiger partial charge on any atom is 0.251 e. The van der Waals surface area contributed by atoms with Crippen LogP contribution in [0.2, 0.25) is 5.02 Å². The summed E-state index contributed by atoms with van der Waals surface area (Å²) in [6.45, 7) is 1.83. The first-order chi connectivity index (χ1) is 6.99. The molecule has 2 N–H and O–H groups in total. The fraction of sp³-hybridized carbons (Fsp3) is 0.300. The number of amides is 1. The van der Waals surface area contributed by atoms with Crippen LogP contribution in [-0.4, -0.2) is 23.7 Å². The van der Waals surface area contributed by atoms with Crippen molar-refractivity contribution in [3.63, 3.8) is 0 Å². The van der Waals surface area contributed by atoms with Gasteiger partial charge in [0.05, 0.1) is 6.10 Å². The van der Waals surface area contributed by atoms with Gasteiger partial charge in [-0.25, -0.2) is 0 Å². The molecule has 5 heteroatoms. The van der Waals surface area contributed by atoms with Crippen LogP contribution in [0.1, 0.15) is 17.3 Å². The molecule has 0 bridgehead atoms. The van der Waals surface area contributed by atoms with Gasteiger partial charge in [0.25, 0.3) is 5.91 Å². The summed E-state index contributed by atoms with van der Waals surface area (Å²) in [6, 6.07) is 4.94. The van der Waals surface area contributed by atoms with Gasteiger partial charge in [0.2, 0.25) is 0 Å². The number of aliphatic hydroxyl groups excluding tert-OH is 1. The molecule has 0 aromatic heterocycles. The van der Waals surface area contributed by atoms with E-state index >= 15 is 0 Å². The van der Waals surface area contributed by atoms with Crippen molar-refractivity contribution in [2.75, 3.05) is 6.54 Å². The molecule has 0 radical (unpaired) electrons. The average molecular weight is 293 g/mol. The van der Waals surface area contributed by atoms with Crippen molar-refractivity contribution in [1.29, 1.82) is 0 Å². The van der Waals surface area contributed by atoms with Crippen molar-refractivity contribution < 1.29 is 9.90 Å². The van der Waals surface area contributed by atoms with Crippen molar-refractivity contribution in [1.82, 2.24) is 5.32 Å². The van der Waals surface area contributed by atoms with Crippen LogP contribution in [0.25, 0.3) is 0 Å². The fourth-order valence-electron chi connectivity index (χ4n) is 1.03. The first kappa shape index (κ1) is 12.5. The maximum atomic E-state index is 11.6. The third-order valence-electron chi connectivity index (χ3n) is 1.68. The lowest BCUT2D eigenvalue weighted by Crippen LogP contribution is -2.30. The lowest BCUT2D eigenvalue weighted by molar-refractivity contribution is 0.0924. The van der Waals surface area contributed by atoms with E-state index < -0.39 is 6.10 Å². The number of carbonyl (C=O) groups is 1. The van der Waals surface area contributed by atoms with Crippen molar-refractivity contribution >= 4 is 33.4 Å². The summed E-state index contributed by atoms with van der Waals surface area (Å²) in [5.74, 6) is -0.251. The Morgan fingerprint density at radius 3 is 2.80 bits per heavy atom. The Kier molecular flexibility index (Phi) is 4.57. The van der Waals surface area contributed by atoms with E-state index in [9.17, 15) is 4.79 Å². The summed E-state index contributed by atoms with van der Waals surface area (Å²) >= 11 is 9.04. The molecule has 0 spiro atoms. The quantitative estimate of drug-likeness (QED) is 0.897.